The van der Waals surface area contributed by atoms with Crippen LogP contribution in [0.25, 0.3) is 0 Å². The van der Waals surface area contributed by atoms with Gasteiger partial charge in [0.15, 0.2) is 0 Å². The molecule has 0 saturated carbocycles. The first-order valence-electron chi connectivity index (χ1n) is 5.47. The number of amides is 1. The molecule has 0 spiro atoms. The molecule has 3 atom stereocenters. The zero-order chi connectivity index (χ0) is 12.0. The van der Waals surface area contributed by atoms with Gasteiger partial charge in [0.2, 0.25) is 5.91 Å². The van der Waals surface area contributed by atoms with E-state index < -0.39 is 12.0 Å². The van der Waals surface area contributed by atoms with Gasteiger partial charge in [-0.3, -0.25) is 4.79 Å². The first-order valence-corrected chi connectivity index (χ1v) is 5.47. The van der Waals surface area contributed by atoms with Crippen molar-refractivity contribution in [1.82, 2.24) is 5.32 Å². The zero-order valence-corrected chi connectivity index (χ0v) is 9.91. The van der Waals surface area contributed by atoms with E-state index in [1.165, 1.54) is 0 Å². The normalized spacial score (nSPS) is 16.5. The summed E-state index contributed by atoms with van der Waals surface area (Å²) >= 11 is 0. The van der Waals surface area contributed by atoms with Crippen LogP contribution in [0.3, 0.4) is 0 Å². The van der Waals surface area contributed by atoms with Gasteiger partial charge >= 0.3 is 5.97 Å². The van der Waals surface area contributed by atoms with E-state index in [-0.39, 0.29) is 17.7 Å². The highest BCUT2D eigenvalue weighted by Gasteiger charge is 2.26. The predicted octanol–water partition coefficient (Wildman–Crippen LogP) is 1.65. The van der Waals surface area contributed by atoms with Crippen LogP contribution in [-0.2, 0) is 9.59 Å². The van der Waals surface area contributed by atoms with Gasteiger partial charge in [0.05, 0.1) is 0 Å². The summed E-state index contributed by atoms with van der Waals surface area (Å²) in [5, 5.41) is 11.5. The van der Waals surface area contributed by atoms with E-state index in [1.807, 2.05) is 20.8 Å². The second-order valence-electron chi connectivity index (χ2n) is 4.02. The van der Waals surface area contributed by atoms with Crippen LogP contribution in [0.15, 0.2) is 0 Å². The fourth-order valence-corrected chi connectivity index (χ4v) is 1.16. The lowest BCUT2D eigenvalue weighted by atomic mass is 9.98. The largest absolute Gasteiger partial charge is 0.480 e. The van der Waals surface area contributed by atoms with Crippen molar-refractivity contribution in [2.24, 2.45) is 11.8 Å². The molecule has 3 unspecified atom stereocenters. The van der Waals surface area contributed by atoms with E-state index in [4.69, 9.17) is 5.11 Å². The molecule has 0 heterocycles. The monoisotopic (exact) mass is 215 g/mol. The van der Waals surface area contributed by atoms with Gasteiger partial charge in [-0.05, 0) is 12.3 Å². The number of rotatable bonds is 6. The minimum absolute atomic E-state index is 0.0458. The lowest BCUT2D eigenvalue weighted by Crippen LogP contribution is -2.46. The van der Waals surface area contributed by atoms with Crippen LogP contribution in [-0.4, -0.2) is 23.0 Å². The van der Waals surface area contributed by atoms with Crippen LogP contribution in [0.5, 0.6) is 0 Å². The van der Waals surface area contributed by atoms with Crippen molar-refractivity contribution in [3.63, 3.8) is 0 Å². The molecule has 2 N–H and O–H groups in total. The third-order valence-corrected chi connectivity index (χ3v) is 2.84. The van der Waals surface area contributed by atoms with Crippen molar-refractivity contribution in [1.29, 1.82) is 0 Å². The van der Waals surface area contributed by atoms with Gasteiger partial charge in [-0.25, -0.2) is 4.79 Å². The molecule has 0 fully saturated rings. The number of aliphatic carboxylic acids is 1. The lowest BCUT2D eigenvalue weighted by molar-refractivity contribution is -0.143. The van der Waals surface area contributed by atoms with Gasteiger partial charge in [-0.1, -0.05) is 34.1 Å². The van der Waals surface area contributed by atoms with Crippen molar-refractivity contribution in [3.8, 4) is 0 Å². The quantitative estimate of drug-likeness (QED) is 0.708. The molecule has 0 aromatic heterocycles. The van der Waals surface area contributed by atoms with E-state index in [0.717, 1.165) is 12.8 Å². The molecule has 0 radical (unpaired) electrons. The van der Waals surface area contributed by atoms with Crippen molar-refractivity contribution in [3.05, 3.63) is 0 Å². The second kappa shape index (κ2) is 6.43. The Hall–Kier alpha value is -1.06. The van der Waals surface area contributed by atoms with Gasteiger partial charge < -0.3 is 10.4 Å². The average molecular weight is 215 g/mol. The highest BCUT2D eigenvalue weighted by atomic mass is 16.4. The molecule has 0 saturated heterocycles. The van der Waals surface area contributed by atoms with Crippen LogP contribution < -0.4 is 5.32 Å². The van der Waals surface area contributed by atoms with Crippen LogP contribution in [0, 0.1) is 11.8 Å². The Morgan fingerprint density at radius 1 is 1.20 bits per heavy atom. The van der Waals surface area contributed by atoms with Crippen molar-refractivity contribution < 1.29 is 14.7 Å². The highest BCUT2D eigenvalue weighted by Crippen LogP contribution is 2.09. The summed E-state index contributed by atoms with van der Waals surface area (Å²) in [4.78, 5) is 22.5. The molecular weight excluding hydrogens is 194 g/mol. The summed E-state index contributed by atoms with van der Waals surface area (Å²) in [6, 6.07) is -0.767. The van der Waals surface area contributed by atoms with Gasteiger partial charge in [0, 0.05) is 5.92 Å². The molecule has 0 aliphatic heterocycles. The molecule has 0 aromatic rings. The number of hydrogen-bond donors (Lipinski definition) is 2. The van der Waals surface area contributed by atoms with Crippen LogP contribution in [0.2, 0.25) is 0 Å². The molecule has 0 aliphatic carbocycles. The molecule has 0 aliphatic rings. The average Bonchev–Trinajstić information content (AvgIpc) is 2.22. The third kappa shape index (κ3) is 4.32. The zero-order valence-electron chi connectivity index (χ0n) is 9.91. The topological polar surface area (TPSA) is 66.4 Å². The first kappa shape index (κ1) is 13.9. The van der Waals surface area contributed by atoms with E-state index in [9.17, 15) is 9.59 Å². The van der Waals surface area contributed by atoms with Crippen LogP contribution in [0.4, 0.5) is 0 Å². The molecule has 15 heavy (non-hydrogen) atoms. The standard InChI is InChI=1S/C11H21NO3/c1-5-7(3)9(11(14)15)12-10(13)8(4)6-2/h7-9H,5-6H2,1-4H3,(H,12,13)(H,14,15). The molecular formula is C11H21NO3. The predicted molar refractivity (Wildman–Crippen MR) is 58.5 cm³/mol. The van der Waals surface area contributed by atoms with Crippen molar-refractivity contribution in [2.45, 2.75) is 46.6 Å². The Morgan fingerprint density at radius 2 is 1.73 bits per heavy atom. The van der Waals surface area contributed by atoms with E-state index >= 15 is 0 Å². The minimum Gasteiger partial charge on any atom is -0.480 e. The number of carboxylic acids is 1. The maximum Gasteiger partial charge on any atom is 0.326 e. The summed E-state index contributed by atoms with van der Waals surface area (Å²) < 4.78 is 0. The SMILES string of the molecule is CCC(C)C(=O)NC(C(=O)O)C(C)CC. The molecule has 0 aromatic carbocycles. The number of nitrogens with one attached hydrogen (secondary N) is 1. The van der Waals surface area contributed by atoms with E-state index in [0.29, 0.717) is 0 Å². The minimum atomic E-state index is -0.957. The number of carbonyl (C=O) groups excluding carboxylic acids is 1. The number of carboxylic acid groups (broad SMARTS) is 1. The molecule has 0 rings (SSSR count). The maximum atomic E-state index is 11.5. The summed E-state index contributed by atoms with van der Waals surface area (Å²) in [5.41, 5.74) is 0. The maximum absolute atomic E-state index is 11.5. The highest BCUT2D eigenvalue weighted by molar-refractivity contribution is 5.84. The number of carbonyl (C=O) groups is 2. The fraction of sp³-hybridized carbons (Fsp3) is 0.818. The summed E-state index contributed by atoms with van der Waals surface area (Å²) in [6.07, 6.45) is 1.45. The summed E-state index contributed by atoms with van der Waals surface area (Å²) in [6.45, 7) is 7.44. The Morgan fingerprint density at radius 3 is 2.07 bits per heavy atom. The second-order valence-corrected chi connectivity index (χ2v) is 4.02. The Kier molecular flexibility index (Phi) is 5.97. The van der Waals surface area contributed by atoms with E-state index in [1.54, 1.807) is 6.92 Å². The molecule has 1 amide bonds. The third-order valence-electron chi connectivity index (χ3n) is 2.84. The Bertz CT molecular complexity index is 228. The van der Waals surface area contributed by atoms with E-state index in [2.05, 4.69) is 5.32 Å². The first-order chi connectivity index (χ1) is 6.93. The van der Waals surface area contributed by atoms with Gasteiger partial charge in [-0.2, -0.15) is 0 Å². The van der Waals surface area contributed by atoms with Gasteiger partial charge in [0.1, 0.15) is 6.04 Å². The Labute approximate surface area is 91.1 Å². The van der Waals surface area contributed by atoms with Crippen molar-refractivity contribution >= 4 is 11.9 Å². The van der Waals surface area contributed by atoms with Crippen LogP contribution in [0.1, 0.15) is 40.5 Å². The Balaban J connectivity index is 4.42. The fourth-order valence-electron chi connectivity index (χ4n) is 1.16. The van der Waals surface area contributed by atoms with Crippen LogP contribution >= 0.6 is 0 Å². The van der Waals surface area contributed by atoms with Gasteiger partial charge in [-0.15, -0.1) is 0 Å². The molecule has 0 bridgehead atoms. The van der Waals surface area contributed by atoms with Gasteiger partial charge in [0.25, 0.3) is 0 Å². The van der Waals surface area contributed by atoms with Crippen molar-refractivity contribution in [2.75, 3.05) is 0 Å². The summed E-state index contributed by atoms with van der Waals surface area (Å²) in [5.74, 6) is -1.31. The summed E-state index contributed by atoms with van der Waals surface area (Å²) in [7, 11) is 0. The smallest absolute Gasteiger partial charge is 0.326 e. The lowest BCUT2D eigenvalue weighted by Gasteiger charge is -2.21. The molecule has 4 heteroatoms. The molecule has 88 valence electrons. The molecule has 4 nitrogen and oxygen atoms in total. The number of hydrogen-bond acceptors (Lipinski definition) is 2.